The molecule has 0 spiro atoms. The molecule has 178 valence electrons. The first-order valence-electron chi connectivity index (χ1n) is 11.3. The second kappa shape index (κ2) is 9.89. The van der Waals surface area contributed by atoms with Crippen LogP contribution in [0.2, 0.25) is 5.02 Å². The largest absolute Gasteiger partial charge is 0.482 e. The number of anilines is 1. The quantitative estimate of drug-likeness (QED) is 0.461. The number of halogens is 1. The van der Waals surface area contributed by atoms with Crippen molar-refractivity contribution in [2.24, 2.45) is 5.92 Å². The van der Waals surface area contributed by atoms with Gasteiger partial charge in [0.25, 0.3) is 5.91 Å². The van der Waals surface area contributed by atoms with Gasteiger partial charge in [-0.25, -0.2) is 0 Å². The molecule has 0 saturated carbocycles. The molecule has 1 N–H and O–H groups in total. The molecule has 1 saturated heterocycles. The maximum Gasteiger partial charge on any atom is 0.265 e. The number of ether oxygens (including phenoxy) is 1. The van der Waals surface area contributed by atoms with Gasteiger partial charge in [-0.1, -0.05) is 49.8 Å². The van der Waals surface area contributed by atoms with E-state index in [1.54, 1.807) is 15.9 Å². The number of aromatic amines is 1. The van der Waals surface area contributed by atoms with Crippen molar-refractivity contribution in [1.29, 1.82) is 0 Å². The number of allylic oxidation sites excluding steroid dienone is 2. The molecular weight excluding hydrogens is 452 g/mol. The Labute approximate surface area is 204 Å². The van der Waals surface area contributed by atoms with E-state index < -0.39 is 0 Å². The Morgan fingerprint density at radius 1 is 1.38 bits per heavy atom. The van der Waals surface area contributed by atoms with Crippen molar-refractivity contribution in [3.05, 3.63) is 64.5 Å². The number of rotatable bonds is 7. The molecule has 3 heterocycles. The molecule has 1 aromatic heterocycles. The fourth-order valence-corrected chi connectivity index (χ4v) is 4.42. The van der Waals surface area contributed by atoms with E-state index in [0.29, 0.717) is 42.0 Å². The smallest absolute Gasteiger partial charge is 0.265 e. The first kappa shape index (κ1) is 23.8. The van der Waals surface area contributed by atoms with E-state index >= 15 is 0 Å². The summed E-state index contributed by atoms with van der Waals surface area (Å²) >= 11 is 6.61. The fraction of sp³-hybridized carbons (Fsp3) is 0.346. The molecule has 0 aliphatic carbocycles. The first-order valence-corrected chi connectivity index (χ1v) is 11.7. The number of nitrogens with zero attached hydrogens (tertiary/aromatic N) is 3. The Bertz CT molecular complexity index is 1170. The van der Waals surface area contributed by atoms with Crippen LogP contribution in [0.15, 0.2) is 42.6 Å². The van der Waals surface area contributed by atoms with Crippen LogP contribution in [0.5, 0.6) is 5.75 Å². The molecule has 7 nitrogen and oxygen atoms in total. The second-order valence-corrected chi connectivity index (χ2v) is 9.47. The zero-order valence-electron chi connectivity index (χ0n) is 19.7. The summed E-state index contributed by atoms with van der Waals surface area (Å²) in [6.45, 7) is 11.5. The van der Waals surface area contributed by atoms with Crippen LogP contribution in [0.1, 0.15) is 43.5 Å². The number of hydrogen-bond donors (Lipinski definition) is 1. The number of hydrogen-bond acceptors (Lipinski definition) is 4. The number of benzene rings is 1. The van der Waals surface area contributed by atoms with Gasteiger partial charge < -0.3 is 14.5 Å². The van der Waals surface area contributed by atoms with Gasteiger partial charge in [0.2, 0.25) is 5.91 Å². The minimum atomic E-state index is -0.111. The molecule has 0 radical (unpaired) electrons. The number of likely N-dealkylation sites (tertiary alicyclic amines) is 1. The van der Waals surface area contributed by atoms with Gasteiger partial charge in [-0.3, -0.25) is 14.7 Å². The molecule has 2 aromatic rings. The highest BCUT2D eigenvalue weighted by molar-refractivity contribution is 6.32. The third-order valence-electron chi connectivity index (χ3n) is 6.12. The summed E-state index contributed by atoms with van der Waals surface area (Å²) in [5.41, 5.74) is 4.64. The molecule has 0 bridgehead atoms. The van der Waals surface area contributed by atoms with Gasteiger partial charge in [-0.15, -0.1) is 0 Å². The lowest BCUT2D eigenvalue weighted by Gasteiger charge is -2.42. The van der Waals surface area contributed by atoms with Gasteiger partial charge in [-0.05, 0) is 48.3 Å². The molecular formula is C26H29ClN4O3. The Kier molecular flexibility index (Phi) is 6.93. The lowest BCUT2D eigenvalue weighted by Crippen LogP contribution is -2.55. The van der Waals surface area contributed by atoms with Crippen LogP contribution in [-0.2, 0) is 9.59 Å². The van der Waals surface area contributed by atoms with Crippen LogP contribution in [0.4, 0.5) is 5.69 Å². The zero-order valence-corrected chi connectivity index (χ0v) is 20.4. The molecule has 2 aliphatic heterocycles. The van der Waals surface area contributed by atoms with E-state index in [0.717, 1.165) is 22.4 Å². The summed E-state index contributed by atoms with van der Waals surface area (Å²) in [6.07, 6.45) is 9.18. The van der Waals surface area contributed by atoms with Crippen LogP contribution < -0.4 is 9.64 Å². The molecule has 0 atom stereocenters. The van der Waals surface area contributed by atoms with Crippen molar-refractivity contribution in [1.82, 2.24) is 15.1 Å². The predicted molar refractivity (Wildman–Crippen MR) is 135 cm³/mol. The van der Waals surface area contributed by atoms with E-state index in [1.807, 2.05) is 37.4 Å². The van der Waals surface area contributed by atoms with Crippen LogP contribution in [0.25, 0.3) is 12.2 Å². The van der Waals surface area contributed by atoms with E-state index in [1.165, 1.54) is 6.08 Å². The molecule has 1 fully saturated rings. The lowest BCUT2D eigenvalue weighted by molar-refractivity contribution is -0.131. The summed E-state index contributed by atoms with van der Waals surface area (Å²) in [4.78, 5) is 27.7. The maximum absolute atomic E-state index is 12.6. The van der Waals surface area contributed by atoms with Crippen molar-refractivity contribution in [2.75, 3.05) is 31.1 Å². The number of amides is 2. The van der Waals surface area contributed by atoms with Crippen LogP contribution in [0.3, 0.4) is 0 Å². The van der Waals surface area contributed by atoms with Gasteiger partial charge in [0.1, 0.15) is 5.75 Å². The zero-order chi connectivity index (χ0) is 24.4. The molecule has 0 unspecified atom stereocenters. The topological polar surface area (TPSA) is 78.5 Å². The number of aromatic nitrogens is 2. The van der Waals surface area contributed by atoms with E-state index in [9.17, 15) is 9.59 Å². The molecule has 2 amide bonds. The van der Waals surface area contributed by atoms with Crippen molar-refractivity contribution >= 4 is 41.3 Å². The van der Waals surface area contributed by atoms with Gasteiger partial charge in [0, 0.05) is 25.6 Å². The van der Waals surface area contributed by atoms with Crippen LogP contribution in [-0.4, -0.2) is 53.2 Å². The number of fused-ring (bicyclic) bond motifs is 1. The standard InChI is InChI=1S/C26H29ClN4O3/c1-5-25(32)30-12-18(13-30)14-31-23-10-21(27)19(9-24(23)34-15-26(31)33)8-17(4)6-7-22-20(16(2)3)11-28-29-22/h5-11,16,18H,1,12-15H2,2-4H3,(H,28,29)/b7-6-,17-8+. The number of H-pyrrole nitrogens is 1. The minimum Gasteiger partial charge on any atom is -0.482 e. The summed E-state index contributed by atoms with van der Waals surface area (Å²) in [5, 5.41) is 7.71. The lowest BCUT2D eigenvalue weighted by atomic mass is 9.98. The van der Waals surface area contributed by atoms with Crippen molar-refractivity contribution in [3.8, 4) is 5.75 Å². The van der Waals surface area contributed by atoms with Gasteiger partial charge >= 0.3 is 0 Å². The average molecular weight is 481 g/mol. The molecule has 8 heteroatoms. The van der Waals surface area contributed by atoms with Gasteiger partial charge in [0.05, 0.1) is 22.6 Å². The molecule has 2 aliphatic rings. The monoisotopic (exact) mass is 480 g/mol. The van der Waals surface area contributed by atoms with Crippen LogP contribution >= 0.6 is 11.6 Å². The highest BCUT2D eigenvalue weighted by atomic mass is 35.5. The fourth-order valence-electron chi connectivity index (χ4n) is 4.21. The normalized spacial score (nSPS) is 16.6. The Morgan fingerprint density at radius 2 is 2.15 bits per heavy atom. The summed E-state index contributed by atoms with van der Waals surface area (Å²) in [6, 6.07) is 3.66. The van der Waals surface area contributed by atoms with E-state index in [2.05, 4.69) is 30.6 Å². The Balaban J connectivity index is 1.51. The van der Waals surface area contributed by atoms with Crippen LogP contribution in [0, 0.1) is 5.92 Å². The van der Waals surface area contributed by atoms with Gasteiger partial charge in [0.15, 0.2) is 6.61 Å². The SMILES string of the molecule is C=CC(=O)N1CC(CN2C(=O)COc3cc(/C=C(C)/C=C\c4[nH]ncc4C(C)C)c(Cl)cc32)C1. The minimum absolute atomic E-state index is 0.0174. The van der Waals surface area contributed by atoms with Gasteiger partial charge in [-0.2, -0.15) is 5.10 Å². The second-order valence-electron chi connectivity index (χ2n) is 9.06. The summed E-state index contributed by atoms with van der Waals surface area (Å²) < 4.78 is 5.73. The van der Waals surface area contributed by atoms with E-state index in [4.69, 9.17) is 16.3 Å². The Morgan fingerprint density at radius 3 is 2.85 bits per heavy atom. The third-order valence-corrected chi connectivity index (χ3v) is 6.45. The number of carbonyl (C=O) groups is 2. The summed E-state index contributed by atoms with van der Waals surface area (Å²) in [5.74, 6) is 1.02. The average Bonchev–Trinajstić information content (AvgIpc) is 3.25. The maximum atomic E-state index is 12.6. The molecule has 4 rings (SSSR count). The molecule has 34 heavy (non-hydrogen) atoms. The summed E-state index contributed by atoms with van der Waals surface area (Å²) in [7, 11) is 0. The van der Waals surface area contributed by atoms with Crippen molar-refractivity contribution in [3.63, 3.8) is 0 Å². The molecule has 1 aromatic carbocycles. The van der Waals surface area contributed by atoms with Crippen molar-refractivity contribution in [2.45, 2.75) is 26.7 Å². The van der Waals surface area contributed by atoms with E-state index in [-0.39, 0.29) is 24.3 Å². The van der Waals surface area contributed by atoms with Crippen molar-refractivity contribution < 1.29 is 14.3 Å². The third kappa shape index (κ3) is 4.94. The predicted octanol–water partition coefficient (Wildman–Crippen LogP) is 4.67. The Hall–Kier alpha value is -3.32. The number of carbonyl (C=O) groups excluding carboxylic acids is 2. The highest BCUT2D eigenvalue weighted by Crippen LogP contribution is 2.38. The highest BCUT2D eigenvalue weighted by Gasteiger charge is 2.35. The first-order chi connectivity index (χ1) is 16.3. The number of nitrogens with one attached hydrogen (secondary N) is 1.